The van der Waals surface area contributed by atoms with Crippen molar-refractivity contribution >= 4 is 15.9 Å². The summed E-state index contributed by atoms with van der Waals surface area (Å²) in [7, 11) is -3.83. The van der Waals surface area contributed by atoms with Gasteiger partial charge in [-0.25, -0.2) is 8.42 Å². The van der Waals surface area contributed by atoms with E-state index in [2.05, 4.69) is 10.3 Å². The van der Waals surface area contributed by atoms with Crippen molar-refractivity contribution in [2.45, 2.75) is 25.7 Å². The molecule has 0 aliphatic rings. The summed E-state index contributed by atoms with van der Waals surface area (Å²) < 4.78 is 29.8. The Kier molecular flexibility index (Phi) is 5.58. The van der Waals surface area contributed by atoms with E-state index in [1.165, 1.54) is 0 Å². The van der Waals surface area contributed by atoms with Crippen LogP contribution in [0.4, 0.5) is 0 Å². The summed E-state index contributed by atoms with van der Waals surface area (Å²) in [6.45, 7) is 5.14. The molecule has 0 aliphatic carbocycles. The third kappa shape index (κ3) is 4.81. The zero-order valence-electron chi connectivity index (χ0n) is 13.8. The second-order valence-corrected chi connectivity index (χ2v) is 7.18. The predicted molar refractivity (Wildman–Crippen MR) is 91.1 cm³/mol. The molecule has 0 atom stereocenters. The van der Waals surface area contributed by atoms with Crippen LogP contribution in [0, 0.1) is 20.8 Å². The molecule has 2 N–H and O–H groups in total. The molecule has 0 radical (unpaired) electrons. The fraction of sp³-hybridized carbons (Fsp3) is 0.235. The Morgan fingerprint density at radius 3 is 2.29 bits per heavy atom. The van der Waals surface area contributed by atoms with Gasteiger partial charge >= 0.3 is 0 Å². The molecule has 0 unspecified atom stereocenters. The second-order valence-electron chi connectivity index (χ2n) is 5.52. The standard InChI is InChI=1S/C17H20N2O4S/c1-12-5-8-15(9-6-12)23-11-17(20)18-19-24(21,22)16-10-13(2)4-7-14(16)3/h4-10,19H,11H2,1-3H3,(H,18,20). The zero-order chi connectivity index (χ0) is 17.7. The maximum absolute atomic E-state index is 12.3. The average molecular weight is 348 g/mol. The van der Waals surface area contributed by atoms with Gasteiger partial charge in [0.15, 0.2) is 6.61 Å². The Bertz CT molecular complexity index is 830. The number of hydrogen-bond acceptors (Lipinski definition) is 4. The summed E-state index contributed by atoms with van der Waals surface area (Å²) in [5.41, 5.74) is 4.64. The van der Waals surface area contributed by atoms with Crippen molar-refractivity contribution in [3.8, 4) is 5.75 Å². The molecule has 7 heteroatoms. The summed E-state index contributed by atoms with van der Waals surface area (Å²) in [6.07, 6.45) is 0. The maximum atomic E-state index is 12.3. The predicted octanol–water partition coefficient (Wildman–Crippen LogP) is 2.00. The van der Waals surface area contributed by atoms with Gasteiger partial charge in [0, 0.05) is 0 Å². The van der Waals surface area contributed by atoms with Gasteiger partial charge in [0.2, 0.25) is 0 Å². The van der Waals surface area contributed by atoms with E-state index >= 15 is 0 Å². The molecule has 1 amide bonds. The van der Waals surface area contributed by atoms with Gasteiger partial charge < -0.3 is 4.74 Å². The number of rotatable bonds is 6. The van der Waals surface area contributed by atoms with Crippen LogP contribution in [0.1, 0.15) is 16.7 Å². The van der Waals surface area contributed by atoms with Gasteiger partial charge in [-0.2, -0.15) is 0 Å². The molecule has 0 fully saturated rings. The average Bonchev–Trinajstić information content (AvgIpc) is 2.54. The molecule has 2 rings (SSSR count). The molecule has 0 aliphatic heterocycles. The zero-order valence-corrected chi connectivity index (χ0v) is 14.6. The molecule has 2 aromatic carbocycles. The number of ether oxygens (including phenoxy) is 1. The first-order valence-corrected chi connectivity index (χ1v) is 8.83. The van der Waals surface area contributed by atoms with E-state index in [1.54, 1.807) is 38.1 Å². The number of sulfonamides is 1. The minimum Gasteiger partial charge on any atom is -0.484 e. The highest BCUT2D eigenvalue weighted by Gasteiger charge is 2.17. The number of carbonyl (C=O) groups excluding carboxylic acids is 1. The summed E-state index contributed by atoms with van der Waals surface area (Å²) >= 11 is 0. The number of hydrogen-bond donors (Lipinski definition) is 2. The molecule has 24 heavy (non-hydrogen) atoms. The van der Waals surface area contributed by atoms with Crippen LogP contribution < -0.4 is 15.0 Å². The lowest BCUT2D eigenvalue weighted by Crippen LogP contribution is -2.43. The van der Waals surface area contributed by atoms with Crippen LogP contribution >= 0.6 is 0 Å². The van der Waals surface area contributed by atoms with Crippen molar-refractivity contribution in [1.82, 2.24) is 10.3 Å². The Balaban J connectivity index is 1.93. The van der Waals surface area contributed by atoms with E-state index in [9.17, 15) is 13.2 Å². The molecule has 2 aromatic rings. The third-order valence-corrected chi connectivity index (χ3v) is 4.74. The normalized spacial score (nSPS) is 11.1. The minimum absolute atomic E-state index is 0.127. The number of aryl methyl sites for hydroxylation is 3. The lowest BCUT2D eigenvalue weighted by atomic mass is 10.2. The van der Waals surface area contributed by atoms with Crippen molar-refractivity contribution < 1.29 is 17.9 Å². The van der Waals surface area contributed by atoms with E-state index in [0.29, 0.717) is 11.3 Å². The highest BCUT2D eigenvalue weighted by atomic mass is 32.2. The van der Waals surface area contributed by atoms with Gasteiger partial charge in [-0.1, -0.05) is 29.8 Å². The van der Waals surface area contributed by atoms with Gasteiger partial charge in [0.05, 0.1) is 4.90 Å². The summed E-state index contributed by atoms with van der Waals surface area (Å²) in [6, 6.07) is 12.3. The van der Waals surface area contributed by atoms with Gasteiger partial charge in [0.1, 0.15) is 5.75 Å². The topological polar surface area (TPSA) is 84.5 Å². The number of carbonyl (C=O) groups is 1. The van der Waals surface area contributed by atoms with Crippen LogP contribution in [0.25, 0.3) is 0 Å². The Morgan fingerprint density at radius 1 is 1.00 bits per heavy atom. The van der Waals surface area contributed by atoms with Crippen LogP contribution in [0.5, 0.6) is 5.75 Å². The van der Waals surface area contributed by atoms with Crippen LogP contribution in [-0.4, -0.2) is 20.9 Å². The van der Waals surface area contributed by atoms with E-state index in [4.69, 9.17) is 4.74 Å². The fourth-order valence-corrected chi connectivity index (χ4v) is 3.19. The molecule has 0 aromatic heterocycles. The van der Waals surface area contributed by atoms with E-state index in [0.717, 1.165) is 11.1 Å². The number of amides is 1. The Morgan fingerprint density at radius 2 is 1.62 bits per heavy atom. The highest BCUT2D eigenvalue weighted by molar-refractivity contribution is 7.89. The van der Waals surface area contributed by atoms with Crippen molar-refractivity contribution in [2.75, 3.05) is 6.61 Å². The lowest BCUT2D eigenvalue weighted by molar-refractivity contribution is -0.123. The van der Waals surface area contributed by atoms with E-state index in [1.807, 2.05) is 25.1 Å². The minimum atomic E-state index is -3.83. The molecule has 6 nitrogen and oxygen atoms in total. The maximum Gasteiger partial charge on any atom is 0.272 e. The largest absolute Gasteiger partial charge is 0.484 e. The van der Waals surface area contributed by atoms with Gasteiger partial charge in [-0.15, -0.1) is 4.83 Å². The first kappa shape index (κ1) is 18.0. The van der Waals surface area contributed by atoms with E-state index < -0.39 is 15.9 Å². The first-order valence-electron chi connectivity index (χ1n) is 7.35. The van der Waals surface area contributed by atoms with Gasteiger partial charge in [-0.3, -0.25) is 10.2 Å². The Hall–Kier alpha value is -2.38. The summed E-state index contributed by atoms with van der Waals surface area (Å²) in [5, 5.41) is 0. The van der Waals surface area contributed by atoms with Crippen LogP contribution in [0.3, 0.4) is 0 Å². The molecule has 128 valence electrons. The molecule has 0 bridgehead atoms. The third-order valence-electron chi connectivity index (χ3n) is 3.35. The van der Waals surface area contributed by atoms with Crippen molar-refractivity contribution in [3.05, 3.63) is 59.2 Å². The van der Waals surface area contributed by atoms with Crippen molar-refractivity contribution in [3.63, 3.8) is 0 Å². The highest BCUT2D eigenvalue weighted by Crippen LogP contribution is 2.16. The molecule has 0 saturated carbocycles. The van der Waals surface area contributed by atoms with Crippen molar-refractivity contribution in [1.29, 1.82) is 0 Å². The fourth-order valence-electron chi connectivity index (χ4n) is 2.00. The van der Waals surface area contributed by atoms with Crippen LogP contribution in [-0.2, 0) is 14.8 Å². The smallest absolute Gasteiger partial charge is 0.272 e. The SMILES string of the molecule is Cc1ccc(OCC(=O)NNS(=O)(=O)c2cc(C)ccc2C)cc1. The number of benzene rings is 2. The molecule has 0 saturated heterocycles. The number of nitrogens with one attached hydrogen (secondary N) is 2. The van der Waals surface area contributed by atoms with Crippen LogP contribution in [0.15, 0.2) is 47.4 Å². The Labute approximate surface area is 141 Å². The molecular weight excluding hydrogens is 328 g/mol. The summed E-state index contributed by atoms with van der Waals surface area (Å²) in [4.78, 5) is 14.0. The van der Waals surface area contributed by atoms with E-state index in [-0.39, 0.29) is 11.5 Å². The molecule has 0 spiro atoms. The lowest BCUT2D eigenvalue weighted by Gasteiger charge is -2.11. The van der Waals surface area contributed by atoms with Crippen molar-refractivity contribution in [2.24, 2.45) is 0 Å². The van der Waals surface area contributed by atoms with Gasteiger partial charge in [-0.05, 0) is 50.1 Å². The monoisotopic (exact) mass is 348 g/mol. The van der Waals surface area contributed by atoms with Gasteiger partial charge in [0.25, 0.3) is 15.9 Å². The molecular formula is C17H20N2O4S. The quantitative estimate of drug-likeness (QED) is 0.782. The van der Waals surface area contributed by atoms with Crippen LogP contribution in [0.2, 0.25) is 0 Å². The first-order chi connectivity index (χ1) is 11.3. The molecule has 0 heterocycles. The second kappa shape index (κ2) is 7.46. The summed E-state index contributed by atoms with van der Waals surface area (Å²) in [5.74, 6) is -0.0578. The number of hydrazine groups is 1.